The number of para-hydroxylation sites is 2. The molecule has 1 unspecified atom stereocenters. The first-order valence-corrected chi connectivity index (χ1v) is 11.8. The third kappa shape index (κ3) is 3.40. The summed E-state index contributed by atoms with van der Waals surface area (Å²) < 4.78 is 34.3. The van der Waals surface area contributed by atoms with Gasteiger partial charge in [-0.2, -0.15) is 0 Å². The molecule has 0 bridgehead atoms. The summed E-state index contributed by atoms with van der Waals surface area (Å²) in [7, 11) is -2.19. The van der Waals surface area contributed by atoms with Crippen molar-refractivity contribution in [3.05, 3.63) is 60.6 Å². The summed E-state index contributed by atoms with van der Waals surface area (Å²) in [5.41, 5.74) is 1.85. The van der Waals surface area contributed by atoms with E-state index in [1.165, 1.54) is 9.21 Å². The molecule has 5 rings (SSSR count). The predicted octanol–water partition coefficient (Wildman–Crippen LogP) is 4.03. The Morgan fingerprint density at radius 1 is 1.03 bits per heavy atom. The molecule has 1 fully saturated rings. The van der Waals surface area contributed by atoms with Crippen LogP contribution in [0.3, 0.4) is 0 Å². The average molecular weight is 438 g/mol. The van der Waals surface area contributed by atoms with E-state index < -0.39 is 15.9 Å². The Morgan fingerprint density at radius 3 is 2.39 bits per heavy atom. The van der Waals surface area contributed by atoms with Gasteiger partial charge in [-0.3, -0.25) is 9.10 Å². The highest BCUT2D eigenvalue weighted by Crippen LogP contribution is 2.41. The highest BCUT2D eigenvalue weighted by molar-refractivity contribution is 7.92. The second-order valence-electron chi connectivity index (χ2n) is 8.18. The lowest BCUT2D eigenvalue weighted by atomic mass is 10.1. The number of fused-ring (bicyclic) bond motifs is 1. The average Bonchev–Trinajstić information content (AvgIpc) is 3.53. The SMILES string of the molecule is CC1CN(S(=O)(=O)c2ccc(-c3cnc(C4CC4)o3)cc2)c2ccccc2N(C)C1=O. The van der Waals surface area contributed by atoms with Crippen molar-refractivity contribution in [1.82, 2.24) is 4.98 Å². The molecule has 1 aliphatic heterocycles. The Balaban J connectivity index is 1.50. The van der Waals surface area contributed by atoms with E-state index in [-0.39, 0.29) is 17.3 Å². The van der Waals surface area contributed by atoms with E-state index in [2.05, 4.69) is 4.98 Å². The monoisotopic (exact) mass is 437 g/mol. The molecular formula is C23H23N3O4S. The van der Waals surface area contributed by atoms with Crippen molar-refractivity contribution < 1.29 is 17.6 Å². The highest BCUT2D eigenvalue weighted by Gasteiger charge is 2.35. The fourth-order valence-corrected chi connectivity index (χ4v) is 5.49. The summed E-state index contributed by atoms with van der Waals surface area (Å²) in [6.45, 7) is 1.83. The van der Waals surface area contributed by atoms with E-state index in [1.807, 2.05) is 0 Å². The topological polar surface area (TPSA) is 83.7 Å². The number of amides is 1. The minimum absolute atomic E-state index is 0.0805. The molecule has 0 spiro atoms. The molecule has 2 aliphatic rings. The van der Waals surface area contributed by atoms with E-state index in [4.69, 9.17) is 4.42 Å². The first kappa shape index (κ1) is 19.8. The lowest BCUT2D eigenvalue weighted by molar-refractivity contribution is -0.121. The predicted molar refractivity (Wildman–Crippen MR) is 117 cm³/mol. The van der Waals surface area contributed by atoms with Crippen LogP contribution in [0, 0.1) is 5.92 Å². The molecule has 31 heavy (non-hydrogen) atoms. The van der Waals surface area contributed by atoms with E-state index in [9.17, 15) is 13.2 Å². The van der Waals surface area contributed by atoms with Crippen molar-refractivity contribution in [1.29, 1.82) is 0 Å². The fourth-order valence-electron chi connectivity index (χ4n) is 3.92. The van der Waals surface area contributed by atoms with Crippen LogP contribution < -0.4 is 9.21 Å². The summed E-state index contributed by atoms with van der Waals surface area (Å²) >= 11 is 0. The quantitative estimate of drug-likeness (QED) is 0.615. The summed E-state index contributed by atoms with van der Waals surface area (Å²) in [6.07, 6.45) is 3.89. The lowest BCUT2D eigenvalue weighted by Crippen LogP contribution is -2.37. The van der Waals surface area contributed by atoms with E-state index in [1.54, 1.807) is 68.7 Å². The molecule has 3 aromatic rings. The van der Waals surface area contributed by atoms with Crippen LogP contribution in [-0.2, 0) is 14.8 Å². The van der Waals surface area contributed by atoms with Crippen molar-refractivity contribution >= 4 is 27.3 Å². The number of hydrogen-bond acceptors (Lipinski definition) is 5. The number of carbonyl (C=O) groups is 1. The molecule has 2 heterocycles. The Morgan fingerprint density at radius 2 is 1.71 bits per heavy atom. The molecule has 0 N–H and O–H groups in total. The van der Waals surface area contributed by atoms with Gasteiger partial charge in [0.1, 0.15) is 0 Å². The van der Waals surface area contributed by atoms with Crippen molar-refractivity contribution in [3.8, 4) is 11.3 Å². The zero-order valence-electron chi connectivity index (χ0n) is 17.4. The number of hydrogen-bond donors (Lipinski definition) is 0. The van der Waals surface area contributed by atoms with Crippen molar-refractivity contribution in [2.75, 3.05) is 22.8 Å². The zero-order valence-corrected chi connectivity index (χ0v) is 18.2. The Kier molecular flexibility index (Phi) is 4.62. The molecule has 1 atom stereocenters. The number of anilines is 2. The number of carbonyl (C=O) groups excluding carboxylic acids is 1. The maximum Gasteiger partial charge on any atom is 0.264 e. The number of oxazole rings is 1. The number of sulfonamides is 1. The molecule has 1 saturated carbocycles. The van der Waals surface area contributed by atoms with Gasteiger partial charge in [0.05, 0.1) is 28.4 Å². The highest BCUT2D eigenvalue weighted by atomic mass is 32.2. The van der Waals surface area contributed by atoms with Gasteiger partial charge in [-0.15, -0.1) is 0 Å². The Hall–Kier alpha value is -3.13. The van der Waals surface area contributed by atoms with Crippen LogP contribution in [-0.4, -0.2) is 32.9 Å². The van der Waals surface area contributed by atoms with Crippen LogP contribution in [0.4, 0.5) is 11.4 Å². The van der Waals surface area contributed by atoms with E-state index in [0.717, 1.165) is 24.3 Å². The van der Waals surface area contributed by atoms with Gasteiger partial charge in [0.15, 0.2) is 11.7 Å². The maximum absolute atomic E-state index is 13.6. The summed E-state index contributed by atoms with van der Waals surface area (Å²) in [5, 5.41) is 0. The molecule has 1 aliphatic carbocycles. The number of benzene rings is 2. The van der Waals surface area contributed by atoms with Gasteiger partial charge in [-0.05, 0) is 49.2 Å². The molecule has 0 radical (unpaired) electrons. The van der Waals surface area contributed by atoms with Gasteiger partial charge in [0.25, 0.3) is 10.0 Å². The molecule has 0 saturated heterocycles. The Bertz CT molecular complexity index is 1250. The number of aromatic nitrogens is 1. The first-order valence-electron chi connectivity index (χ1n) is 10.3. The lowest BCUT2D eigenvalue weighted by Gasteiger charge is -2.25. The van der Waals surface area contributed by atoms with Crippen molar-refractivity contribution in [3.63, 3.8) is 0 Å². The first-order chi connectivity index (χ1) is 14.9. The fraction of sp³-hybridized carbons (Fsp3) is 0.304. The van der Waals surface area contributed by atoms with Gasteiger partial charge >= 0.3 is 0 Å². The second kappa shape index (κ2) is 7.23. The molecule has 8 heteroatoms. The van der Waals surface area contributed by atoms with Crippen LogP contribution in [0.5, 0.6) is 0 Å². The van der Waals surface area contributed by atoms with Crippen molar-refractivity contribution in [2.45, 2.75) is 30.6 Å². The number of nitrogens with zero attached hydrogens (tertiary/aromatic N) is 3. The summed E-state index contributed by atoms with van der Waals surface area (Å²) in [6, 6.07) is 13.7. The van der Waals surface area contributed by atoms with E-state index in [0.29, 0.717) is 23.1 Å². The van der Waals surface area contributed by atoms with Gasteiger partial charge in [-0.25, -0.2) is 13.4 Å². The van der Waals surface area contributed by atoms with Gasteiger partial charge in [-0.1, -0.05) is 19.1 Å². The minimum Gasteiger partial charge on any atom is -0.440 e. The molecule has 160 valence electrons. The third-order valence-electron chi connectivity index (χ3n) is 5.88. The van der Waals surface area contributed by atoms with Gasteiger partial charge in [0.2, 0.25) is 5.91 Å². The Labute approximate surface area is 181 Å². The third-order valence-corrected chi connectivity index (χ3v) is 7.67. The molecular weight excluding hydrogens is 414 g/mol. The van der Waals surface area contributed by atoms with Gasteiger partial charge < -0.3 is 9.32 Å². The molecule has 1 amide bonds. The standard InChI is InChI=1S/C23H23N3O4S/c1-15-14-26(20-6-4-3-5-19(20)25(2)23(15)27)31(28,29)18-11-9-16(10-12-18)21-13-24-22(30-21)17-7-8-17/h3-6,9-13,15,17H,7-8,14H2,1-2H3. The summed E-state index contributed by atoms with van der Waals surface area (Å²) in [4.78, 5) is 18.7. The smallest absolute Gasteiger partial charge is 0.264 e. The van der Waals surface area contributed by atoms with Crippen LogP contribution in [0.25, 0.3) is 11.3 Å². The van der Waals surface area contributed by atoms with Crippen LogP contribution >= 0.6 is 0 Å². The molecule has 1 aromatic heterocycles. The largest absolute Gasteiger partial charge is 0.440 e. The van der Waals surface area contributed by atoms with Crippen LogP contribution in [0.2, 0.25) is 0 Å². The number of rotatable bonds is 4. The second-order valence-corrected chi connectivity index (χ2v) is 10.0. The zero-order chi connectivity index (χ0) is 21.8. The van der Waals surface area contributed by atoms with Gasteiger partial charge in [0, 0.05) is 25.1 Å². The molecule has 7 nitrogen and oxygen atoms in total. The maximum atomic E-state index is 13.6. The van der Waals surface area contributed by atoms with E-state index >= 15 is 0 Å². The van der Waals surface area contributed by atoms with Crippen LogP contribution in [0.1, 0.15) is 31.6 Å². The van der Waals surface area contributed by atoms with Crippen molar-refractivity contribution in [2.24, 2.45) is 5.92 Å². The summed E-state index contributed by atoms with van der Waals surface area (Å²) in [5.74, 6) is 1.21. The molecule has 2 aromatic carbocycles. The minimum atomic E-state index is -3.87. The normalized spacial score (nSPS) is 19.3. The van der Waals surface area contributed by atoms with Crippen LogP contribution in [0.15, 0.2) is 64.0 Å².